The predicted molar refractivity (Wildman–Crippen MR) is 58.4 cm³/mol. The standard InChI is InChI=1S/C11H12N2O4/c1-6(14)13-5-11(2-3-11)17-8-4-7(10(15)16)12-9(8)13/h4,12H,2-3,5H2,1H3,(H,15,16). The van der Waals surface area contributed by atoms with E-state index in [1.54, 1.807) is 4.90 Å². The van der Waals surface area contributed by atoms with Crippen LogP contribution in [0.4, 0.5) is 5.82 Å². The number of rotatable bonds is 1. The number of fused-ring (bicyclic) bond motifs is 1. The van der Waals surface area contributed by atoms with Gasteiger partial charge in [0.1, 0.15) is 11.3 Å². The number of nitrogens with zero attached hydrogens (tertiary/aromatic N) is 1. The van der Waals surface area contributed by atoms with Crippen molar-refractivity contribution in [3.05, 3.63) is 11.8 Å². The highest BCUT2D eigenvalue weighted by atomic mass is 16.5. The molecular formula is C11H12N2O4. The van der Waals surface area contributed by atoms with Crippen molar-refractivity contribution in [3.8, 4) is 5.75 Å². The van der Waals surface area contributed by atoms with Gasteiger partial charge in [-0.05, 0) is 12.8 Å². The highest BCUT2D eigenvalue weighted by Crippen LogP contribution is 2.48. The molecule has 0 aromatic carbocycles. The monoisotopic (exact) mass is 236 g/mol. The number of anilines is 1. The molecule has 1 spiro atoms. The van der Waals surface area contributed by atoms with Crippen LogP contribution in [0.3, 0.4) is 0 Å². The molecule has 0 atom stereocenters. The molecule has 1 saturated carbocycles. The molecule has 1 aliphatic carbocycles. The Morgan fingerprint density at radius 1 is 1.53 bits per heavy atom. The number of amides is 1. The number of aromatic nitrogens is 1. The summed E-state index contributed by atoms with van der Waals surface area (Å²) >= 11 is 0. The van der Waals surface area contributed by atoms with Crippen molar-refractivity contribution in [2.75, 3.05) is 11.4 Å². The summed E-state index contributed by atoms with van der Waals surface area (Å²) in [7, 11) is 0. The van der Waals surface area contributed by atoms with Gasteiger partial charge in [0.25, 0.3) is 0 Å². The average molecular weight is 236 g/mol. The van der Waals surface area contributed by atoms with Crippen molar-refractivity contribution in [2.24, 2.45) is 0 Å². The van der Waals surface area contributed by atoms with E-state index in [4.69, 9.17) is 9.84 Å². The Kier molecular flexibility index (Phi) is 1.81. The van der Waals surface area contributed by atoms with Gasteiger partial charge in [-0.2, -0.15) is 0 Å². The Labute approximate surface area is 97.2 Å². The number of aromatic amines is 1. The average Bonchev–Trinajstić information content (AvgIpc) is 2.85. The second-order valence-electron chi connectivity index (χ2n) is 4.59. The summed E-state index contributed by atoms with van der Waals surface area (Å²) in [6, 6.07) is 1.44. The van der Waals surface area contributed by atoms with Crippen LogP contribution in [-0.2, 0) is 4.79 Å². The minimum absolute atomic E-state index is 0.0407. The van der Waals surface area contributed by atoms with Gasteiger partial charge in [-0.25, -0.2) is 4.79 Å². The minimum Gasteiger partial charge on any atom is -0.482 e. The van der Waals surface area contributed by atoms with Gasteiger partial charge in [-0.1, -0.05) is 0 Å². The summed E-state index contributed by atoms with van der Waals surface area (Å²) in [5.41, 5.74) is -0.240. The molecule has 2 aliphatic rings. The van der Waals surface area contributed by atoms with Gasteiger partial charge in [-0.3, -0.25) is 9.69 Å². The zero-order valence-electron chi connectivity index (χ0n) is 9.32. The van der Waals surface area contributed by atoms with E-state index in [0.717, 1.165) is 12.8 Å². The van der Waals surface area contributed by atoms with Crippen LogP contribution in [0.5, 0.6) is 5.75 Å². The highest BCUT2D eigenvalue weighted by Gasteiger charge is 2.51. The molecule has 6 nitrogen and oxygen atoms in total. The molecule has 17 heavy (non-hydrogen) atoms. The molecule has 0 unspecified atom stereocenters. The van der Waals surface area contributed by atoms with E-state index < -0.39 is 5.97 Å². The molecule has 0 bridgehead atoms. The summed E-state index contributed by atoms with van der Waals surface area (Å²) in [6.07, 6.45) is 1.81. The lowest BCUT2D eigenvalue weighted by Crippen LogP contribution is -2.44. The van der Waals surface area contributed by atoms with Gasteiger partial charge in [0.15, 0.2) is 11.6 Å². The van der Waals surface area contributed by atoms with Crippen LogP contribution in [0.15, 0.2) is 6.07 Å². The minimum atomic E-state index is -1.06. The molecular weight excluding hydrogens is 224 g/mol. The van der Waals surface area contributed by atoms with Crippen LogP contribution < -0.4 is 9.64 Å². The Hall–Kier alpha value is -1.98. The number of H-pyrrole nitrogens is 1. The molecule has 1 aliphatic heterocycles. The number of carboxylic acids is 1. The first kappa shape index (κ1) is 10.2. The topological polar surface area (TPSA) is 82.6 Å². The third-order valence-electron chi connectivity index (χ3n) is 3.22. The van der Waals surface area contributed by atoms with Crippen LogP contribution in [0.1, 0.15) is 30.3 Å². The van der Waals surface area contributed by atoms with E-state index in [9.17, 15) is 9.59 Å². The number of carbonyl (C=O) groups excluding carboxylic acids is 1. The number of carbonyl (C=O) groups is 2. The Morgan fingerprint density at radius 3 is 2.76 bits per heavy atom. The van der Waals surface area contributed by atoms with Gasteiger partial charge < -0.3 is 14.8 Å². The summed E-state index contributed by atoms with van der Waals surface area (Å²) in [6.45, 7) is 1.96. The van der Waals surface area contributed by atoms with Gasteiger partial charge in [0.05, 0.1) is 6.54 Å². The number of nitrogens with one attached hydrogen (secondary N) is 1. The third kappa shape index (κ3) is 1.48. The maximum absolute atomic E-state index is 11.6. The third-order valence-corrected chi connectivity index (χ3v) is 3.22. The molecule has 6 heteroatoms. The number of hydrogen-bond donors (Lipinski definition) is 2. The smallest absolute Gasteiger partial charge is 0.352 e. The maximum atomic E-state index is 11.6. The molecule has 0 saturated heterocycles. The molecule has 2 heterocycles. The van der Waals surface area contributed by atoms with Crippen LogP contribution in [0.2, 0.25) is 0 Å². The second-order valence-corrected chi connectivity index (χ2v) is 4.59. The molecule has 0 radical (unpaired) electrons. The van der Waals surface area contributed by atoms with E-state index in [0.29, 0.717) is 18.1 Å². The second kappa shape index (κ2) is 3.03. The molecule has 1 amide bonds. The Balaban J connectivity index is 2.05. The van der Waals surface area contributed by atoms with Crippen LogP contribution >= 0.6 is 0 Å². The fraction of sp³-hybridized carbons (Fsp3) is 0.455. The molecule has 90 valence electrons. The molecule has 1 aromatic heterocycles. The predicted octanol–water partition coefficient (Wildman–Crippen LogP) is 0.991. The van der Waals surface area contributed by atoms with Gasteiger partial charge in [0.2, 0.25) is 5.91 Å². The van der Waals surface area contributed by atoms with Gasteiger partial charge >= 0.3 is 5.97 Å². The summed E-state index contributed by atoms with van der Waals surface area (Å²) in [5.74, 6) is -0.260. The van der Waals surface area contributed by atoms with Gasteiger partial charge in [0, 0.05) is 13.0 Å². The van der Waals surface area contributed by atoms with E-state index in [-0.39, 0.29) is 17.2 Å². The Morgan fingerprint density at radius 2 is 2.24 bits per heavy atom. The van der Waals surface area contributed by atoms with Crippen molar-refractivity contribution in [2.45, 2.75) is 25.4 Å². The van der Waals surface area contributed by atoms with E-state index >= 15 is 0 Å². The molecule has 3 rings (SSSR count). The number of carboxylic acid groups (broad SMARTS) is 1. The molecule has 2 N–H and O–H groups in total. The summed E-state index contributed by atoms with van der Waals surface area (Å²) < 4.78 is 5.75. The first-order valence-electron chi connectivity index (χ1n) is 5.44. The van der Waals surface area contributed by atoms with Crippen LogP contribution in [0, 0.1) is 0 Å². The van der Waals surface area contributed by atoms with E-state index in [1.165, 1.54) is 13.0 Å². The zero-order chi connectivity index (χ0) is 12.2. The lowest BCUT2D eigenvalue weighted by molar-refractivity contribution is -0.117. The van der Waals surface area contributed by atoms with Crippen molar-refractivity contribution in [1.82, 2.24) is 4.98 Å². The molecule has 1 fully saturated rings. The van der Waals surface area contributed by atoms with Crippen LogP contribution in [-0.4, -0.2) is 34.1 Å². The lowest BCUT2D eigenvalue weighted by Gasteiger charge is -2.32. The van der Waals surface area contributed by atoms with Crippen molar-refractivity contribution in [3.63, 3.8) is 0 Å². The fourth-order valence-electron chi connectivity index (χ4n) is 2.12. The van der Waals surface area contributed by atoms with Crippen molar-refractivity contribution >= 4 is 17.7 Å². The van der Waals surface area contributed by atoms with Crippen molar-refractivity contribution < 1.29 is 19.4 Å². The quantitative estimate of drug-likeness (QED) is 0.761. The highest BCUT2D eigenvalue weighted by molar-refractivity contribution is 5.95. The lowest BCUT2D eigenvalue weighted by atomic mass is 10.2. The maximum Gasteiger partial charge on any atom is 0.352 e. The van der Waals surface area contributed by atoms with Gasteiger partial charge in [-0.15, -0.1) is 0 Å². The fourth-order valence-corrected chi connectivity index (χ4v) is 2.12. The largest absolute Gasteiger partial charge is 0.482 e. The normalized spacial score (nSPS) is 19.7. The molecule has 1 aromatic rings. The van der Waals surface area contributed by atoms with E-state index in [2.05, 4.69) is 4.98 Å². The number of hydrogen-bond acceptors (Lipinski definition) is 3. The van der Waals surface area contributed by atoms with E-state index in [1.807, 2.05) is 0 Å². The zero-order valence-corrected chi connectivity index (χ0v) is 9.32. The summed E-state index contributed by atoms with van der Waals surface area (Å²) in [4.78, 5) is 26.7. The van der Waals surface area contributed by atoms with Crippen molar-refractivity contribution in [1.29, 1.82) is 0 Å². The number of aromatic carboxylic acids is 1. The first-order valence-corrected chi connectivity index (χ1v) is 5.44. The van der Waals surface area contributed by atoms with Crippen LogP contribution in [0.25, 0.3) is 0 Å². The first-order chi connectivity index (χ1) is 8.01. The Bertz CT molecular complexity index is 516. The summed E-state index contributed by atoms with van der Waals surface area (Å²) in [5, 5.41) is 8.91. The SMILES string of the molecule is CC(=O)N1CC2(CC2)Oc2cc(C(=O)O)[nH]c21. The number of ether oxygens (including phenoxy) is 1.